The third-order valence-corrected chi connectivity index (χ3v) is 4.89. The fraction of sp³-hybridized carbons (Fsp3) is 0.478. The van der Waals surface area contributed by atoms with Gasteiger partial charge in [0.05, 0.1) is 27.4 Å². The summed E-state index contributed by atoms with van der Waals surface area (Å²) in [4.78, 5) is 29.8. The molecular weight excluding hydrogens is 400 g/mol. The average molecular weight is 433 g/mol. The molecule has 0 spiro atoms. The van der Waals surface area contributed by atoms with Gasteiger partial charge in [-0.3, -0.25) is 9.59 Å². The van der Waals surface area contributed by atoms with E-state index in [4.69, 9.17) is 18.6 Å². The molecule has 0 aliphatic heterocycles. The van der Waals surface area contributed by atoms with Gasteiger partial charge in [0, 0.05) is 19.7 Å². The van der Waals surface area contributed by atoms with Crippen molar-refractivity contribution >= 4 is 11.8 Å². The van der Waals surface area contributed by atoms with Crippen molar-refractivity contribution in [3.05, 3.63) is 47.4 Å². The van der Waals surface area contributed by atoms with Gasteiger partial charge in [-0.25, -0.2) is 0 Å². The summed E-state index contributed by atoms with van der Waals surface area (Å²) in [6, 6.07) is 8.61. The normalized spacial score (nSPS) is 10.8. The number of carbonyl (C=O) groups is 2. The molecule has 0 radical (unpaired) electrons. The number of methoxy groups -OCH3 is 3. The first kappa shape index (κ1) is 24.3. The van der Waals surface area contributed by atoms with E-state index in [1.54, 1.807) is 30.2 Å². The Bertz CT molecular complexity index is 854. The smallest absolute Gasteiger partial charge is 0.262 e. The summed E-state index contributed by atoms with van der Waals surface area (Å²) in [5.41, 5.74) is 0.291. The predicted molar refractivity (Wildman–Crippen MR) is 116 cm³/mol. The summed E-state index contributed by atoms with van der Waals surface area (Å²) in [6.45, 7) is 6.54. The lowest BCUT2D eigenvalue weighted by Gasteiger charge is -2.30. The fourth-order valence-electron chi connectivity index (χ4n) is 3.19. The van der Waals surface area contributed by atoms with Crippen molar-refractivity contribution in [2.24, 2.45) is 0 Å². The Labute approximate surface area is 183 Å². The number of hydrogen-bond acceptors (Lipinski definition) is 6. The molecule has 0 unspecified atom stereocenters. The molecule has 31 heavy (non-hydrogen) atoms. The van der Waals surface area contributed by atoms with Crippen molar-refractivity contribution in [2.75, 3.05) is 41.0 Å². The maximum Gasteiger partial charge on any atom is 0.262 e. The van der Waals surface area contributed by atoms with Crippen LogP contribution in [-0.2, 0) is 16.1 Å². The summed E-state index contributed by atoms with van der Waals surface area (Å²) >= 11 is 0. The second-order valence-corrected chi connectivity index (χ2v) is 7.38. The van der Waals surface area contributed by atoms with Gasteiger partial charge in [0.15, 0.2) is 0 Å². The number of rotatable bonds is 11. The van der Waals surface area contributed by atoms with E-state index in [0.717, 1.165) is 5.76 Å². The minimum absolute atomic E-state index is 0.0961. The van der Waals surface area contributed by atoms with Crippen LogP contribution in [0.25, 0.3) is 0 Å². The number of ether oxygens (including phenoxy) is 3. The summed E-state index contributed by atoms with van der Waals surface area (Å²) in [6.07, 6.45) is 0. The summed E-state index contributed by atoms with van der Waals surface area (Å²) in [5, 5.41) is 0. The first-order valence-electron chi connectivity index (χ1n) is 10.2. The number of nitrogens with zero attached hydrogens (tertiary/aromatic N) is 2. The SMILES string of the molecule is COCCN(Cc1ccc(C)o1)C(=O)CN(C(=O)c1c(OC)cccc1OC)C(C)C. The van der Waals surface area contributed by atoms with E-state index in [-0.39, 0.29) is 24.4 Å². The highest BCUT2D eigenvalue weighted by Gasteiger charge is 2.29. The third-order valence-electron chi connectivity index (χ3n) is 4.89. The molecule has 0 N–H and O–H groups in total. The second kappa shape index (κ2) is 11.4. The Hall–Kier alpha value is -3.00. The molecule has 1 aromatic carbocycles. The molecule has 0 atom stereocenters. The number of carbonyl (C=O) groups excluding carboxylic acids is 2. The summed E-state index contributed by atoms with van der Waals surface area (Å²) < 4.78 is 21.5. The molecular formula is C23H32N2O6. The molecule has 2 amide bonds. The number of furan rings is 1. The maximum absolute atomic E-state index is 13.4. The molecule has 8 nitrogen and oxygen atoms in total. The lowest BCUT2D eigenvalue weighted by molar-refractivity contribution is -0.133. The highest BCUT2D eigenvalue weighted by Crippen LogP contribution is 2.30. The predicted octanol–water partition coefficient (Wildman–Crippen LogP) is 3.13. The first-order chi connectivity index (χ1) is 14.8. The number of aryl methyl sites for hydroxylation is 1. The van der Waals surface area contributed by atoms with Gasteiger partial charge in [-0.05, 0) is 45.0 Å². The van der Waals surface area contributed by atoms with E-state index in [2.05, 4.69) is 0 Å². The van der Waals surface area contributed by atoms with E-state index in [1.807, 2.05) is 32.9 Å². The van der Waals surface area contributed by atoms with Gasteiger partial charge in [-0.2, -0.15) is 0 Å². The largest absolute Gasteiger partial charge is 0.496 e. The highest BCUT2D eigenvalue weighted by molar-refractivity contribution is 6.01. The molecule has 1 aromatic heterocycles. The minimum atomic E-state index is -0.335. The van der Waals surface area contributed by atoms with Crippen molar-refractivity contribution in [2.45, 2.75) is 33.4 Å². The van der Waals surface area contributed by atoms with Crippen LogP contribution < -0.4 is 9.47 Å². The van der Waals surface area contributed by atoms with Crippen molar-refractivity contribution in [3.63, 3.8) is 0 Å². The van der Waals surface area contributed by atoms with E-state index in [0.29, 0.717) is 42.5 Å². The van der Waals surface area contributed by atoms with Crippen LogP contribution in [0.3, 0.4) is 0 Å². The van der Waals surface area contributed by atoms with E-state index in [9.17, 15) is 9.59 Å². The molecule has 0 aliphatic rings. The van der Waals surface area contributed by atoms with E-state index < -0.39 is 0 Å². The average Bonchev–Trinajstić information content (AvgIpc) is 3.17. The monoisotopic (exact) mass is 432 g/mol. The zero-order valence-electron chi connectivity index (χ0n) is 19.1. The maximum atomic E-state index is 13.4. The third kappa shape index (κ3) is 6.24. The van der Waals surface area contributed by atoms with Crippen LogP contribution in [0.1, 0.15) is 35.7 Å². The van der Waals surface area contributed by atoms with Crippen LogP contribution >= 0.6 is 0 Å². The standard InChI is InChI=1S/C23H32N2O6/c1-16(2)25(23(27)22-19(29-5)8-7-9-20(22)30-6)15-21(26)24(12-13-28-4)14-18-11-10-17(3)31-18/h7-11,16H,12-15H2,1-6H3. The molecule has 170 valence electrons. The first-order valence-corrected chi connectivity index (χ1v) is 10.2. The Morgan fingerprint density at radius 1 is 1.03 bits per heavy atom. The van der Waals surface area contributed by atoms with Crippen LogP contribution in [-0.4, -0.2) is 68.7 Å². The van der Waals surface area contributed by atoms with E-state index >= 15 is 0 Å². The van der Waals surface area contributed by atoms with Crippen molar-refractivity contribution in [3.8, 4) is 11.5 Å². The van der Waals surface area contributed by atoms with Gasteiger partial charge < -0.3 is 28.4 Å². The second-order valence-electron chi connectivity index (χ2n) is 7.38. The molecule has 8 heteroatoms. The molecule has 2 rings (SSSR count). The Morgan fingerprint density at radius 3 is 2.16 bits per heavy atom. The Balaban J connectivity index is 2.27. The van der Waals surface area contributed by atoms with Crippen molar-refractivity contribution < 1.29 is 28.2 Å². The topological polar surface area (TPSA) is 81.5 Å². The number of benzene rings is 1. The number of amides is 2. The van der Waals surface area contributed by atoms with Crippen LogP contribution in [0.5, 0.6) is 11.5 Å². The molecule has 2 aromatic rings. The van der Waals surface area contributed by atoms with Gasteiger partial charge in [-0.1, -0.05) is 6.07 Å². The van der Waals surface area contributed by atoms with Gasteiger partial charge in [0.25, 0.3) is 5.91 Å². The van der Waals surface area contributed by atoms with Crippen LogP contribution in [0.15, 0.2) is 34.7 Å². The van der Waals surface area contributed by atoms with Gasteiger partial charge in [0.1, 0.15) is 35.1 Å². The van der Waals surface area contributed by atoms with E-state index in [1.165, 1.54) is 19.1 Å². The zero-order valence-corrected chi connectivity index (χ0v) is 19.1. The molecule has 0 aliphatic carbocycles. The Morgan fingerprint density at radius 2 is 1.68 bits per heavy atom. The lowest BCUT2D eigenvalue weighted by atomic mass is 10.1. The zero-order chi connectivity index (χ0) is 23.0. The van der Waals surface area contributed by atoms with Crippen molar-refractivity contribution in [1.29, 1.82) is 0 Å². The van der Waals surface area contributed by atoms with Crippen molar-refractivity contribution in [1.82, 2.24) is 9.80 Å². The molecule has 0 fully saturated rings. The van der Waals surface area contributed by atoms with Gasteiger partial charge in [0.2, 0.25) is 5.91 Å². The van der Waals surface area contributed by atoms with Crippen LogP contribution in [0.4, 0.5) is 0 Å². The Kier molecular flexibility index (Phi) is 8.93. The molecule has 0 bridgehead atoms. The summed E-state index contributed by atoms with van der Waals surface area (Å²) in [7, 11) is 4.57. The number of hydrogen-bond donors (Lipinski definition) is 0. The quantitative estimate of drug-likeness (QED) is 0.543. The van der Waals surface area contributed by atoms with Gasteiger partial charge >= 0.3 is 0 Å². The minimum Gasteiger partial charge on any atom is -0.496 e. The van der Waals surface area contributed by atoms with Crippen LogP contribution in [0, 0.1) is 6.92 Å². The lowest BCUT2D eigenvalue weighted by Crippen LogP contribution is -2.46. The summed E-state index contributed by atoms with van der Waals surface area (Å²) in [5.74, 6) is 1.70. The fourth-order valence-corrected chi connectivity index (χ4v) is 3.19. The van der Waals surface area contributed by atoms with Gasteiger partial charge in [-0.15, -0.1) is 0 Å². The molecule has 0 saturated heterocycles. The highest BCUT2D eigenvalue weighted by atomic mass is 16.5. The molecule has 1 heterocycles. The van der Waals surface area contributed by atoms with Crippen LogP contribution in [0.2, 0.25) is 0 Å². The molecule has 0 saturated carbocycles.